The van der Waals surface area contributed by atoms with Crippen molar-refractivity contribution in [1.29, 1.82) is 0 Å². The Kier molecular flexibility index (Phi) is 5.87. The van der Waals surface area contributed by atoms with Crippen LogP contribution in [0.3, 0.4) is 0 Å². The molecule has 1 aliphatic rings. The normalized spacial score (nSPS) is 14.6. The summed E-state index contributed by atoms with van der Waals surface area (Å²) in [5, 5.41) is 0. The highest BCUT2D eigenvalue weighted by molar-refractivity contribution is 7.00. The molecule has 0 N–H and O–H groups in total. The summed E-state index contributed by atoms with van der Waals surface area (Å²) in [5.41, 5.74) is 13.1. The number of hydrogen-bond donors (Lipinski definition) is 0. The van der Waals surface area contributed by atoms with Crippen LogP contribution in [0.5, 0.6) is 0 Å². The van der Waals surface area contributed by atoms with E-state index in [1.165, 1.54) is 88.3 Å². The summed E-state index contributed by atoms with van der Waals surface area (Å²) in [6, 6.07) is 18.1. The quantitative estimate of drug-likeness (QED) is 0.332. The van der Waals surface area contributed by atoms with Crippen LogP contribution in [0, 0.1) is 6.92 Å². The SMILES string of the molecule is CCc1ccc(-c2c3c(c(-c4ccc(C)cc4)c4nsnc24)CCCCCCC3)cc1. The Balaban J connectivity index is 1.82. The van der Waals surface area contributed by atoms with Crippen LogP contribution in [-0.4, -0.2) is 8.75 Å². The number of fused-ring (bicyclic) bond motifs is 2. The van der Waals surface area contributed by atoms with Crippen LogP contribution in [-0.2, 0) is 19.3 Å². The molecule has 158 valence electrons. The van der Waals surface area contributed by atoms with Gasteiger partial charge in [0.05, 0.1) is 11.7 Å². The van der Waals surface area contributed by atoms with Crippen molar-refractivity contribution in [3.8, 4) is 22.3 Å². The minimum atomic E-state index is 1.07. The lowest BCUT2D eigenvalue weighted by molar-refractivity contribution is 0.629. The van der Waals surface area contributed by atoms with Crippen LogP contribution in [0.1, 0.15) is 61.3 Å². The average molecular weight is 427 g/mol. The molecule has 1 aliphatic carbocycles. The molecule has 5 rings (SSSR count). The molecule has 0 saturated carbocycles. The van der Waals surface area contributed by atoms with Gasteiger partial charge in [0.2, 0.25) is 0 Å². The molecule has 0 atom stereocenters. The second-order valence-electron chi connectivity index (χ2n) is 8.85. The molecule has 1 aromatic heterocycles. The maximum absolute atomic E-state index is 4.86. The number of nitrogens with zero attached hydrogens (tertiary/aromatic N) is 2. The monoisotopic (exact) mass is 426 g/mol. The van der Waals surface area contributed by atoms with Crippen molar-refractivity contribution in [2.45, 2.75) is 65.2 Å². The molecule has 0 radical (unpaired) electrons. The lowest BCUT2D eigenvalue weighted by Gasteiger charge is -2.20. The molecule has 4 aromatic rings. The van der Waals surface area contributed by atoms with E-state index in [1.54, 1.807) is 0 Å². The van der Waals surface area contributed by atoms with E-state index in [0.717, 1.165) is 30.3 Å². The molecule has 0 saturated heterocycles. The lowest BCUT2D eigenvalue weighted by Crippen LogP contribution is -2.03. The van der Waals surface area contributed by atoms with Gasteiger partial charge in [0.25, 0.3) is 0 Å². The molecule has 0 spiro atoms. The maximum atomic E-state index is 4.86. The number of hydrogen-bond acceptors (Lipinski definition) is 3. The summed E-state index contributed by atoms with van der Waals surface area (Å²) in [6.07, 6.45) is 9.82. The van der Waals surface area contributed by atoms with Crippen molar-refractivity contribution in [2.24, 2.45) is 0 Å². The zero-order chi connectivity index (χ0) is 21.2. The number of aromatic nitrogens is 2. The average Bonchev–Trinajstić information content (AvgIpc) is 3.31. The molecule has 3 heteroatoms. The summed E-state index contributed by atoms with van der Waals surface area (Å²) < 4.78 is 9.71. The van der Waals surface area contributed by atoms with Gasteiger partial charge in [0.15, 0.2) is 0 Å². The first-order valence-electron chi connectivity index (χ1n) is 11.7. The Bertz CT molecular complexity index is 1190. The van der Waals surface area contributed by atoms with E-state index in [4.69, 9.17) is 8.75 Å². The van der Waals surface area contributed by atoms with E-state index in [9.17, 15) is 0 Å². The van der Waals surface area contributed by atoms with Crippen molar-refractivity contribution in [3.05, 3.63) is 70.8 Å². The lowest BCUT2D eigenvalue weighted by atomic mass is 9.83. The standard InChI is InChI=1S/C28H30N2S/c1-3-20-13-17-22(18-14-20)26-24-10-8-6-4-5-7-9-23(24)25(27-28(26)30-31-29-27)21-15-11-19(2)12-16-21/h11-18H,3-10H2,1-2H3. The Hall–Kier alpha value is -2.52. The Morgan fingerprint density at radius 2 is 1.16 bits per heavy atom. The van der Waals surface area contributed by atoms with E-state index in [2.05, 4.69) is 62.4 Å². The molecule has 0 unspecified atom stereocenters. The van der Waals surface area contributed by atoms with Crippen LogP contribution < -0.4 is 0 Å². The molecule has 3 aromatic carbocycles. The molecule has 0 fully saturated rings. The topological polar surface area (TPSA) is 25.8 Å². The number of aryl methyl sites for hydroxylation is 2. The van der Waals surface area contributed by atoms with E-state index in [-0.39, 0.29) is 0 Å². The second kappa shape index (κ2) is 8.92. The molecule has 31 heavy (non-hydrogen) atoms. The fourth-order valence-corrected chi connectivity index (χ4v) is 5.60. The Morgan fingerprint density at radius 1 is 0.677 bits per heavy atom. The van der Waals surface area contributed by atoms with Gasteiger partial charge in [-0.25, -0.2) is 0 Å². The van der Waals surface area contributed by atoms with E-state index >= 15 is 0 Å². The first kappa shape index (κ1) is 20.4. The molecule has 0 bridgehead atoms. The van der Waals surface area contributed by atoms with Crippen molar-refractivity contribution in [1.82, 2.24) is 8.75 Å². The van der Waals surface area contributed by atoms with Crippen LogP contribution in [0.15, 0.2) is 48.5 Å². The van der Waals surface area contributed by atoms with Gasteiger partial charge in [0.1, 0.15) is 11.0 Å². The molecule has 1 heterocycles. The molecular weight excluding hydrogens is 396 g/mol. The van der Waals surface area contributed by atoms with Crippen molar-refractivity contribution in [2.75, 3.05) is 0 Å². The molecular formula is C28H30N2S. The summed E-state index contributed by atoms with van der Waals surface area (Å²) in [5.74, 6) is 0. The highest BCUT2D eigenvalue weighted by atomic mass is 32.1. The van der Waals surface area contributed by atoms with Gasteiger partial charge >= 0.3 is 0 Å². The zero-order valence-electron chi connectivity index (χ0n) is 18.6. The van der Waals surface area contributed by atoms with Gasteiger partial charge in [-0.3, -0.25) is 0 Å². The largest absolute Gasteiger partial charge is 0.172 e. The highest BCUT2D eigenvalue weighted by Gasteiger charge is 2.24. The third kappa shape index (κ3) is 3.92. The third-order valence-electron chi connectivity index (χ3n) is 6.77. The summed E-state index contributed by atoms with van der Waals surface area (Å²) in [7, 11) is 0. The second-order valence-corrected chi connectivity index (χ2v) is 9.38. The van der Waals surface area contributed by atoms with Crippen LogP contribution >= 0.6 is 11.7 Å². The van der Waals surface area contributed by atoms with Gasteiger partial charge in [-0.05, 0) is 66.8 Å². The summed E-state index contributed by atoms with van der Waals surface area (Å²) >= 11 is 1.35. The number of benzene rings is 3. The smallest absolute Gasteiger partial charge is 0.113 e. The predicted octanol–water partition coefficient (Wildman–Crippen LogP) is 7.95. The van der Waals surface area contributed by atoms with Gasteiger partial charge in [-0.1, -0.05) is 80.3 Å². The van der Waals surface area contributed by atoms with Crippen molar-refractivity contribution < 1.29 is 0 Å². The predicted molar refractivity (Wildman–Crippen MR) is 133 cm³/mol. The van der Waals surface area contributed by atoms with E-state index < -0.39 is 0 Å². The van der Waals surface area contributed by atoms with Gasteiger partial charge in [-0.15, -0.1) is 0 Å². The van der Waals surface area contributed by atoms with Crippen LogP contribution in [0.4, 0.5) is 0 Å². The van der Waals surface area contributed by atoms with Crippen LogP contribution in [0.2, 0.25) is 0 Å². The fraction of sp³-hybridized carbons (Fsp3) is 0.357. The van der Waals surface area contributed by atoms with Crippen molar-refractivity contribution in [3.63, 3.8) is 0 Å². The van der Waals surface area contributed by atoms with E-state index in [0.29, 0.717) is 0 Å². The molecule has 0 amide bonds. The Labute approximate surface area is 189 Å². The molecule has 0 aliphatic heterocycles. The van der Waals surface area contributed by atoms with Crippen LogP contribution in [0.25, 0.3) is 33.3 Å². The number of rotatable bonds is 3. The molecule has 2 nitrogen and oxygen atoms in total. The minimum Gasteiger partial charge on any atom is -0.172 e. The van der Waals surface area contributed by atoms with Crippen molar-refractivity contribution >= 4 is 22.8 Å². The van der Waals surface area contributed by atoms with Gasteiger partial charge < -0.3 is 0 Å². The highest BCUT2D eigenvalue weighted by Crippen LogP contribution is 2.43. The third-order valence-corrected chi connectivity index (χ3v) is 7.30. The first-order chi connectivity index (χ1) is 15.3. The van der Waals surface area contributed by atoms with Gasteiger partial charge in [-0.2, -0.15) is 8.75 Å². The zero-order valence-corrected chi connectivity index (χ0v) is 19.4. The summed E-state index contributed by atoms with van der Waals surface area (Å²) in [6.45, 7) is 4.37. The first-order valence-corrected chi connectivity index (χ1v) is 12.5. The van der Waals surface area contributed by atoms with Gasteiger partial charge in [0, 0.05) is 11.1 Å². The van der Waals surface area contributed by atoms with E-state index in [1.807, 2.05) is 0 Å². The maximum Gasteiger partial charge on any atom is 0.113 e. The Morgan fingerprint density at radius 3 is 1.68 bits per heavy atom. The minimum absolute atomic E-state index is 1.07. The fourth-order valence-electron chi connectivity index (χ4n) is 5.04. The summed E-state index contributed by atoms with van der Waals surface area (Å²) in [4.78, 5) is 0.